The molecule has 0 spiro atoms. The molecule has 23 heavy (non-hydrogen) atoms. The lowest BCUT2D eigenvalue weighted by Crippen LogP contribution is -1.93. The van der Waals surface area contributed by atoms with Crippen molar-refractivity contribution in [2.45, 2.75) is 4.90 Å². The fourth-order valence-corrected chi connectivity index (χ4v) is 2.99. The van der Waals surface area contributed by atoms with E-state index in [4.69, 9.17) is 23.2 Å². The molecule has 0 atom stereocenters. The molecule has 120 valence electrons. The highest BCUT2D eigenvalue weighted by Gasteiger charge is 2.16. The largest absolute Gasteiger partial charge is 0.333 e. The fraction of sp³-hybridized carbons (Fsp3) is 0. The Morgan fingerprint density at radius 2 is 1.74 bits per heavy atom. The van der Waals surface area contributed by atoms with Crippen molar-refractivity contribution in [1.29, 1.82) is 0 Å². The van der Waals surface area contributed by atoms with Gasteiger partial charge in [0, 0.05) is 12.1 Å². The molecule has 2 aromatic carbocycles. The predicted octanol–water partition coefficient (Wildman–Crippen LogP) is 4.73. The van der Waals surface area contributed by atoms with Crippen LogP contribution in [0.4, 0.5) is 9.57 Å². The first-order valence-corrected chi connectivity index (χ1v) is 8.18. The van der Waals surface area contributed by atoms with Crippen molar-refractivity contribution in [3.05, 3.63) is 67.7 Å². The van der Waals surface area contributed by atoms with Crippen LogP contribution in [0.25, 0.3) is 12.2 Å². The van der Waals surface area contributed by atoms with Crippen LogP contribution < -0.4 is 0 Å². The van der Waals surface area contributed by atoms with Crippen LogP contribution in [0.1, 0.15) is 11.1 Å². The molecule has 0 aliphatic carbocycles. The van der Waals surface area contributed by atoms with E-state index in [0.717, 1.165) is 6.07 Å². The number of nitro groups is 1. The van der Waals surface area contributed by atoms with E-state index < -0.39 is 20.0 Å². The van der Waals surface area contributed by atoms with Gasteiger partial charge in [0.05, 0.1) is 15.0 Å². The van der Waals surface area contributed by atoms with Crippen molar-refractivity contribution in [3.63, 3.8) is 0 Å². The summed E-state index contributed by atoms with van der Waals surface area (Å²) in [5, 5.41) is 10.6. The van der Waals surface area contributed by atoms with Gasteiger partial charge >= 0.3 is 10.2 Å². The first-order valence-electron chi connectivity index (χ1n) is 6.05. The zero-order valence-corrected chi connectivity index (χ0v) is 13.6. The minimum absolute atomic E-state index is 0.132. The van der Waals surface area contributed by atoms with Crippen LogP contribution in [-0.4, -0.2) is 13.3 Å². The Morgan fingerprint density at radius 3 is 2.26 bits per heavy atom. The maximum absolute atomic E-state index is 12.9. The summed E-state index contributed by atoms with van der Waals surface area (Å²) in [6, 6.07) is 7.69. The van der Waals surface area contributed by atoms with Gasteiger partial charge in [0.1, 0.15) is 4.90 Å². The van der Waals surface area contributed by atoms with Gasteiger partial charge < -0.3 is 0 Å². The number of non-ortho nitro benzene ring substituents is 1. The van der Waals surface area contributed by atoms with Gasteiger partial charge in [-0.1, -0.05) is 41.4 Å². The normalized spacial score (nSPS) is 11.8. The molecule has 0 saturated heterocycles. The van der Waals surface area contributed by atoms with Crippen molar-refractivity contribution < 1.29 is 17.2 Å². The minimum atomic E-state index is -4.88. The molecule has 0 saturated carbocycles. The summed E-state index contributed by atoms with van der Waals surface area (Å²) in [4.78, 5) is 9.46. The van der Waals surface area contributed by atoms with E-state index in [0.29, 0.717) is 11.1 Å². The van der Waals surface area contributed by atoms with Gasteiger partial charge in [-0.25, -0.2) is 0 Å². The summed E-state index contributed by atoms with van der Waals surface area (Å²) < 4.78 is 34.6. The van der Waals surface area contributed by atoms with Gasteiger partial charge in [0.15, 0.2) is 0 Å². The third-order valence-corrected chi connectivity index (χ3v) is 4.50. The summed E-state index contributed by atoms with van der Waals surface area (Å²) in [5.41, 5.74) is 0.903. The van der Waals surface area contributed by atoms with E-state index in [1.165, 1.54) is 30.3 Å². The molecular weight excluding hydrogens is 368 g/mol. The molecule has 0 aromatic heterocycles. The molecule has 0 aliphatic rings. The number of nitrogens with zero attached hydrogens (tertiary/aromatic N) is 1. The summed E-state index contributed by atoms with van der Waals surface area (Å²) in [6.45, 7) is 0. The second-order valence-corrected chi connectivity index (χ2v) is 6.55. The first kappa shape index (κ1) is 17.4. The van der Waals surface area contributed by atoms with Crippen LogP contribution in [0.2, 0.25) is 10.0 Å². The fourth-order valence-electron chi connectivity index (χ4n) is 1.77. The number of rotatable bonds is 4. The second kappa shape index (κ2) is 6.66. The van der Waals surface area contributed by atoms with Crippen LogP contribution in [0.5, 0.6) is 0 Å². The Labute approximate surface area is 141 Å². The van der Waals surface area contributed by atoms with Crippen LogP contribution in [0, 0.1) is 10.1 Å². The number of hydrogen-bond acceptors (Lipinski definition) is 4. The van der Waals surface area contributed by atoms with Gasteiger partial charge in [-0.05, 0) is 29.3 Å². The van der Waals surface area contributed by atoms with E-state index in [1.807, 2.05) is 0 Å². The molecule has 5 nitrogen and oxygen atoms in total. The van der Waals surface area contributed by atoms with Crippen LogP contribution >= 0.6 is 23.2 Å². The molecule has 2 rings (SSSR count). The van der Waals surface area contributed by atoms with Crippen LogP contribution in [0.3, 0.4) is 0 Å². The highest BCUT2D eigenvalue weighted by Crippen LogP contribution is 2.27. The Balaban J connectivity index is 2.31. The van der Waals surface area contributed by atoms with Crippen LogP contribution in [-0.2, 0) is 10.2 Å². The lowest BCUT2D eigenvalue weighted by atomic mass is 10.1. The summed E-state index contributed by atoms with van der Waals surface area (Å²) in [6.07, 6.45) is 3.13. The van der Waals surface area contributed by atoms with Crippen molar-refractivity contribution in [2.24, 2.45) is 0 Å². The standard InChI is InChI=1S/C14H8Cl2FNO4S/c15-12-8-11(18(19)20)5-4-10(12)3-1-9-2-6-14(13(16)7-9)23(17,21)22/h1-8H. The molecule has 0 unspecified atom stereocenters. The maximum atomic E-state index is 12.9. The molecule has 0 heterocycles. The van der Waals surface area contributed by atoms with Gasteiger partial charge in [0.25, 0.3) is 5.69 Å². The Bertz CT molecular complexity index is 913. The molecule has 0 fully saturated rings. The predicted molar refractivity (Wildman–Crippen MR) is 86.8 cm³/mol. The SMILES string of the molecule is O=[N+]([O-])c1ccc(C=Cc2ccc(S(=O)(=O)F)c(Cl)c2)c(Cl)c1. The lowest BCUT2D eigenvalue weighted by Gasteiger charge is -2.01. The quantitative estimate of drug-likeness (QED) is 0.335. The third kappa shape index (κ3) is 4.28. The smallest absolute Gasteiger partial charge is 0.258 e. The zero-order valence-electron chi connectivity index (χ0n) is 11.2. The first-order chi connectivity index (χ1) is 10.7. The Kier molecular flexibility index (Phi) is 5.03. The molecule has 0 radical (unpaired) electrons. The van der Waals surface area contributed by atoms with E-state index in [9.17, 15) is 22.4 Å². The minimum Gasteiger partial charge on any atom is -0.258 e. The zero-order chi connectivity index (χ0) is 17.2. The molecule has 0 aliphatic heterocycles. The third-order valence-electron chi connectivity index (χ3n) is 2.87. The van der Waals surface area contributed by atoms with Crippen molar-refractivity contribution in [2.75, 3.05) is 0 Å². The van der Waals surface area contributed by atoms with Crippen molar-refractivity contribution >= 4 is 51.3 Å². The van der Waals surface area contributed by atoms with E-state index in [2.05, 4.69) is 0 Å². The average molecular weight is 376 g/mol. The monoisotopic (exact) mass is 375 g/mol. The van der Waals surface area contributed by atoms with Gasteiger partial charge in [-0.2, -0.15) is 8.42 Å². The highest BCUT2D eigenvalue weighted by molar-refractivity contribution is 7.86. The van der Waals surface area contributed by atoms with Gasteiger partial charge in [-0.3, -0.25) is 10.1 Å². The summed E-state index contributed by atoms with van der Waals surface area (Å²) >= 11 is 11.7. The lowest BCUT2D eigenvalue weighted by molar-refractivity contribution is -0.384. The van der Waals surface area contributed by atoms with E-state index in [1.54, 1.807) is 12.2 Å². The number of hydrogen-bond donors (Lipinski definition) is 0. The van der Waals surface area contributed by atoms with Gasteiger partial charge in [0.2, 0.25) is 0 Å². The molecular formula is C14H8Cl2FNO4S. The Morgan fingerprint density at radius 1 is 1.04 bits per heavy atom. The topological polar surface area (TPSA) is 77.3 Å². The molecule has 9 heteroatoms. The number of halogens is 3. The van der Waals surface area contributed by atoms with E-state index in [-0.39, 0.29) is 15.7 Å². The maximum Gasteiger partial charge on any atom is 0.333 e. The summed E-state index contributed by atoms with van der Waals surface area (Å²) in [5.74, 6) is 0. The molecule has 0 N–H and O–H groups in total. The van der Waals surface area contributed by atoms with Crippen LogP contribution in [0.15, 0.2) is 41.3 Å². The molecule has 0 bridgehead atoms. The number of nitro benzene ring substituents is 1. The Hall–Kier alpha value is -1.96. The van der Waals surface area contributed by atoms with E-state index >= 15 is 0 Å². The number of benzene rings is 2. The molecule has 0 amide bonds. The second-order valence-electron chi connectivity index (χ2n) is 4.42. The van der Waals surface area contributed by atoms with Crippen molar-refractivity contribution in [1.82, 2.24) is 0 Å². The molecule has 2 aromatic rings. The highest BCUT2D eigenvalue weighted by atomic mass is 35.5. The average Bonchev–Trinajstić information content (AvgIpc) is 2.44. The van der Waals surface area contributed by atoms with Crippen molar-refractivity contribution in [3.8, 4) is 0 Å². The van der Waals surface area contributed by atoms with Gasteiger partial charge in [-0.15, -0.1) is 3.89 Å². The summed E-state index contributed by atoms with van der Waals surface area (Å²) in [7, 11) is -4.88.